The number of aryl methyl sites for hydroxylation is 1. The molecule has 0 aliphatic carbocycles. The molecule has 2 aromatic rings. The zero-order chi connectivity index (χ0) is 14.5. The van der Waals surface area contributed by atoms with Crippen molar-refractivity contribution in [2.45, 2.75) is 20.3 Å². The van der Waals surface area contributed by atoms with Crippen LogP contribution in [0.4, 0.5) is 5.82 Å². The Labute approximate surface area is 120 Å². The Bertz CT molecular complexity index is 604. The number of carbonyl (C=O) groups is 2. The van der Waals surface area contributed by atoms with Crippen LogP contribution in [0.15, 0.2) is 17.5 Å². The standard InChI is InChI=1S/C13H16N4O2S/c1-8-9(2)16-17-12(8)15-11(18)5-6-14-13(19)10-4-3-7-20-10/h3-4,7H,5-6H2,1-2H3,(H,14,19)(H2,15,16,17,18). The number of anilines is 1. The van der Waals surface area contributed by atoms with Crippen molar-refractivity contribution < 1.29 is 9.59 Å². The Morgan fingerprint density at radius 1 is 1.40 bits per heavy atom. The highest BCUT2D eigenvalue weighted by atomic mass is 32.1. The third-order valence-corrected chi connectivity index (χ3v) is 3.76. The summed E-state index contributed by atoms with van der Waals surface area (Å²) in [6.45, 7) is 4.07. The predicted molar refractivity (Wildman–Crippen MR) is 78.0 cm³/mol. The number of thiophene rings is 1. The van der Waals surface area contributed by atoms with Gasteiger partial charge >= 0.3 is 0 Å². The third-order valence-electron chi connectivity index (χ3n) is 2.89. The maximum atomic E-state index is 11.7. The number of nitrogens with zero attached hydrogens (tertiary/aromatic N) is 1. The van der Waals surface area contributed by atoms with Crippen LogP contribution in [0, 0.1) is 13.8 Å². The maximum Gasteiger partial charge on any atom is 0.261 e. The van der Waals surface area contributed by atoms with E-state index in [9.17, 15) is 9.59 Å². The molecule has 0 aliphatic rings. The van der Waals surface area contributed by atoms with Crippen molar-refractivity contribution in [2.24, 2.45) is 0 Å². The maximum absolute atomic E-state index is 11.7. The second kappa shape index (κ2) is 6.33. The van der Waals surface area contributed by atoms with E-state index in [1.807, 2.05) is 25.3 Å². The largest absolute Gasteiger partial charge is 0.351 e. The predicted octanol–water partition coefficient (Wildman–Crippen LogP) is 1.85. The van der Waals surface area contributed by atoms with Crippen LogP contribution in [0.5, 0.6) is 0 Å². The molecule has 2 amide bonds. The lowest BCUT2D eigenvalue weighted by Crippen LogP contribution is -2.27. The van der Waals surface area contributed by atoms with Gasteiger partial charge in [-0.3, -0.25) is 14.7 Å². The Kier molecular flexibility index (Phi) is 4.52. The van der Waals surface area contributed by atoms with Crippen molar-refractivity contribution in [3.8, 4) is 0 Å². The molecule has 0 spiro atoms. The summed E-state index contributed by atoms with van der Waals surface area (Å²) in [5.41, 5.74) is 1.84. The van der Waals surface area contributed by atoms with Gasteiger partial charge in [0, 0.05) is 24.2 Å². The summed E-state index contributed by atoms with van der Waals surface area (Å²) in [7, 11) is 0. The zero-order valence-corrected chi connectivity index (χ0v) is 12.1. The number of nitrogens with one attached hydrogen (secondary N) is 3. The molecule has 0 atom stereocenters. The minimum absolute atomic E-state index is 0.153. The summed E-state index contributed by atoms with van der Waals surface area (Å²) < 4.78 is 0. The van der Waals surface area contributed by atoms with E-state index in [1.165, 1.54) is 11.3 Å². The summed E-state index contributed by atoms with van der Waals surface area (Å²) in [6.07, 6.45) is 0.211. The molecular formula is C13H16N4O2S. The fourth-order valence-electron chi connectivity index (χ4n) is 1.59. The van der Waals surface area contributed by atoms with Gasteiger partial charge in [0.15, 0.2) is 5.82 Å². The van der Waals surface area contributed by atoms with Gasteiger partial charge in [0.05, 0.1) is 4.88 Å². The van der Waals surface area contributed by atoms with Gasteiger partial charge in [-0.2, -0.15) is 5.10 Å². The third kappa shape index (κ3) is 3.45. The second-order valence-corrected chi connectivity index (χ2v) is 5.30. The zero-order valence-electron chi connectivity index (χ0n) is 11.3. The quantitative estimate of drug-likeness (QED) is 0.786. The molecule has 0 saturated carbocycles. The van der Waals surface area contributed by atoms with Crippen LogP contribution < -0.4 is 10.6 Å². The minimum atomic E-state index is -0.175. The topological polar surface area (TPSA) is 86.9 Å². The lowest BCUT2D eigenvalue weighted by atomic mass is 10.2. The van der Waals surface area contributed by atoms with Crippen LogP contribution in [0.25, 0.3) is 0 Å². The number of aromatic nitrogens is 2. The van der Waals surface area contributed by atoms with Gasteiger partial charge in [0.2, 0.25) is 5.91 Å². The molecule has 106 valence electrons. The summed E-state index contributed by atoms with van der Waals surface area (Å²) in [5.74, 6) is 0.211. The highest BCUT2D eigenvalue weighted by Crippen LogP contribution is 2.13. The lowest BCUT2D eigenvalue weighted by Gasteiger charge is -2.04. The van der Waals surface area contributed by atoms with Crippen molar-refractivity contribution in [3.63, 3.8) is 0 Å². The van der Waals surface area contributed by atoms with E-state index in [1.54, 1.807) is 6.07 Å². The van der Waals surface area contributed by atoms with E-state index in [0.717, 1.165) is 11.3 Å². The molecule has 2 rings (SSSR count). The fourth-order valence-corrected chi connectivity index (χ4v) is 2.23. The Balaban J connectivity index is 1.76. The monoisotopic (exact) mass is 292 g/mol. The highest BCUT2D eigenvalue weighted by molar-refractivity contribution is 7.12. The summed E-state index contributed by atoms with van der Waals surface area (Å²) in [5, 5.41) is 14.0. The normalized spacial score (nSPS) is 10.3. The molecule has 0 unspecified atom stereocenters. The van der Waals surface area contributed by atoms with Crippen LogP contribution in [-0.2, 0) is 4.79 Å². The first-order valence-electron chi connectivity index (χ1n) is 6.21. The van der Waals surface area contributed by atoms with E-state index in [2.05, 4.69) is 20.8 Å². The minimum Gasteiger partial charge on any atom is -0.351 e. The summed E-state index contributed by atoms with van der Waals surface area (Å²) >= 11 is 1.37. The van der Waals surface area contributed by atoms with E-state index < -0.39 is 0 Å². The van der Waals surface area contributed by atoms with E-state index in [-0.39, 0.29) is 18.2 Å². The van der Waals surface area contributed by atoms with Gasteiger partial charge in [0.25, 0.3) is 5.91 Å². The van der Waals surface area contributed by atoms with E-state index >= 15 is 0 Å². The molecule has 0 saturated heterocycles. The van der Waals surface area contributed by atoms with Gasteiger partial charge in [-0.25, -0.2) is 0 Å². The van der Waals surface area contributed by atoms with Crippen LogP contribution >= 0.6 is 11.3 Å². The average molecular weight is 292 g/mol. The number of hydrogen-bond acceptors (Lipinski definition) is 4. The van der Waals surface area contributed by atoms with Crippen LogP contribution in [0.1, 0.15) is 27.3 Å². The summed E-state index contributed by atoms with van der Waals surface area (Å²) in [4.78, 5) is 24.0. The van der Waals surface area contributed by atoms with Crippen molar-refractivity contribution >= 4 is 29.0 Å². The van der Waals surface area contributed by atoms with Crippen molar-refractivity contribution in [1.82, 2.24) is 15.5 Å². The van der Waals surface area contributed by atoms with E-state index in [4.69, 9.17) is 0 Å². The molecule has 7 heteroatoms. The first-order valence-corrected chi connectivity index (χ1v) is 7.09. The van der Waals surface area contributed by atoms with Crippen molar-refractivity contribution in [3.05, 3.63) is 33.6 Å². The van der Waals surface area contributed by atoms with Crippen molar-refractivity contribution in [1.29, 1.82) is 0 Å². The number of H-pyrrole nitrogens is 1. The Morgan fingerprint density at radius 3 is 2.80 bits per heavy atom. The van der Waals surface area contributed by atoms with Crippen LogP contribution in [-0.4, -0.2) is 28.6 Å². The first-order chi connectivity index (χ1) is 9.58. The van der Waals surface area contributed by atoms with Gasteiger partial charge < -0.3 is 10.6 Å². The first kappa shape index (κ1) is 14.3. The number of rotatable bonds is 5. The summed E-state index contributed by atoms with van der Waals surface area (Å²) in [6, 6.07) is 3.56. The second-order valence-electron chi connectivity index (χ2n) is 4.35. The van der Waals surface area contributed by atoms with Crippen molar-refractivity contribution in [2.75, 3.05) is 11.9 Å². The van der Waals surface area contributed by atoms with Crippen LogP contribution in [0.3, 0.4) is 0 Å². The molecule has 2 heterocycles. The molecule has 6 nitrogen and oxygen atoms in total. The van der Waals surface area contributed by atoms with Crippen LogP contribution in [0.2, 0.25) is 0 Å². The van der Waals surface area contributed by atoms with Gasteiger partial charge in [0.1, 0.15) is 0 Å². The van der Waals surface area contributed by atoms with E-state index in [0.29, 0.717) is 17.2 Å². The fraction of sp³-hybridized carbons (Fsp3) is 0.308. The number of hydrogen-bond donors (Lipinski definition) is 3. The van der Waals surface area contributed by atoms with Gasteiger partial charge in [-0.05, 0) is 25.3 Å². The molecule has 3 N–H and O–H groups in total. The molecule has 0 aliphatic heterocycles. The number of aromatic amines is 1. The average Bonchev–Trinajstić information content (AvgIpc) is 3.04. The molecule has 0 aromatic carbocycles. The molecule has 2 aromatic heterocycles. The SMILES string of the molecule is Cc1[nH]nc(NC(=O)CCNC(=O)c2cccs2)c1C. The number of carbonyl (C=O) groups excluding carboxylic acids is 2. The number of amides is 2. The Hall–Kier alpha value is -2.15. The molecule has 20 heavy (non-hydrogen) atoms. The smallest absolute Gasteiger partial charge is 0.261 e. The van der Waals surface area contributed by atoms with Gasteiger partial charge in [-0.1, -0.05) is 6.07 Å². The molecule has 0 fully saturated rings. The van der Waals surface area contributed by atoms with Gasteiger partial charge in [-0.15, -0.1) is 11.3 Å². The lowest BCUT2D eigenvalue weighted by molar-refractivity contribution is -0.116. The Morgan fingerprint density at radius 2 is 2.20 bits per heavy atom. The molecule has 0 bridgehead atoms. The molecular weight excluding hydrogens is 276 g/mol. The highest BCUT2D eigenvalue weighted by Gasteiger charge is 2.10. The molecule has 0 radical (unpaired) electrons.